The molecule has 1 amide bonds. The summed E-state index contributed by atoms with van der Waals surface area (Å²) >= 11 is 0. The van der Waals surface area contributed by atoms with Gasteiger partial charge in [-0.25, -0.2) is 4.79 Å². The molecule has 11 nitrogen and oxygen atoms in total. The van der Waals surface area contributed by atoms with E-state index in [1.807, 2.05) is 102 Å². The number of carbonyl (C=O) groups excluding carboxylic acids is 3. The van der Waals surface area contributed by atoms with Crippen LogP contribution in [0.15, 0.2) is 133 Å². The number of nitrogen functional groups attached to an aromatic ring is 1. The molecule has 0 aromatic heterocycles. The van der Waals surface area contributed by atoms with Crippen molar-refractivity contribution in [1.29, 1.82) is 0 Å². The van der Waals surface area contributed by atoms with Crippen LogP contribution in [-0.2, 0) is 41.5 Å². The molecule has 61 heavy (non-hydrogen) atoms. The lowest BCUT2D eigenvalue weighted by molar-refractivity contribution is -0.156. The van der Waals surface area contributed by atoms with Gasteiger partial charge in [-0.3, -0.25) is 14.4 Å². The number of anilines is 2. The van der Waals surface area contributed by atoms with Crippen LogP contribution in [0.25, 0.3) is 0 Å². The standard InChI is InChI=1S/C25H31NO4.C18H24O4.C7H9NO/c1-25(2,3)30-24(28)18-20(11-10-19-8-6-5-7-9-19)12-17-23(27)26-21-13-15-22(29-4)16-14-21;1-18(2,3)22-17(21)13-15(11-12-16(19)20)10-9-14-7-5-4-6-8-14;1-9-7-4-2-6(8)3-5-7/h5-9,12-17,20H,10-11,18H2,1-4H3,(H,26,27);4-8,11-12,15H,9-10,13H2,1-3H3,(H,19,20);2-5H,8H2,1H3/b17-12+;12-11+;/t20-;15-;/m00./s1. The van der Waals surface area contributed by atoms with Crippen LogP contribution >= 0.6 is 0 Å². The summed E-state index contributed by atoms with van der Waals surface area (Å²) in [5.41, 5.74) is 8.17. The number of aliphatic carboxylic acids is 1. The van der Waals surface area contributed by atoms with Gasteiger partial charge in [0.25, 0.3) is 0 Å². The summed E-state index contributed by atoms with van der Waals surface area (Å²) in [5.74, 6) is -0.497. The molecular weight excluding hydrogens is 773 g/mol. The number of carbonyl (C=O) groups is 4. The first-order chi connectivity index (χ1) is 28.8. The number of methoxy groups -OCH3 is 2. The molecule has 4 N–H and O–H groups in total. The Hall–Kier alpha value is -6.36. The van der Waals surface area contributed by atoms with Crippen molar-refractivity contribution in [3.05, 3.63) is 145 Å². The Kier molecular flexibility index (Phi) is 22.2. The third-order valence-electron chi connectivity index (χ3n) is 8.50. The molecule has 11 heteroatoms. The molecule has 0 fully saturated rings. The first-order valence-electron chi connectivity index (χ1n) is 20.3. The monoisotopic (exact) mass is 836 g/mol. The smallest absolute Gasteiger partial charge is 0.327 e. The topological polar surface area (TPSA) is 163 Å². The summed E-state index contributed by atoms with van der Waals surface area (Å²) < 4.78 is 20.8. The predicted molar refractivity (Wildman–Crippen MR) is 242 cm³/mol. The number of benzene rings is 4. The Morgan fingerprint density at radius 3 is 1.38 bits per heavy atom. The maximum atomic E-state index is 12.3. The molecule has 0 aliphatic carbocycles. The normalized spacial score (nSPS) is 12.1. The van der Waals surface area contributed by atoms with E-state index in [2.05, 4.69) is 17.4 Å². The average molecular weight is 837 g/mol. The number of esters is 2. The van der Waals surface area contributed by atoms with E-state index >= 15 is 0 Å². The number of carboxylic acid groups (broad SMARTS) is 1. The zero-order chi connectivity index (χ0) is 45.3. The predicted octanol–water partition coefficient (Wildman–Crippen LogP) is 10.1. The highest BCUT2D eigenvalue weighted by Gasteiger charge is 2.21. The van der Waals surface area contributed by atoms with Gasteiger partial charge >= 0.3 is 17.9 Å². The molecule has 0 aliphatic rings. The largest absolute Gasteiger partial charge is 0.497 e. The molecular formula is C50H64N2O9. The minimum Gasteiger partial charge on any atom is -0.497 e. The first-order valence-corrected chi connectivity index (χ1v) is 20.3. The van der Waals surface area contributed by atoms with Gasteiger partial charge in [0, 0.05) is 17.5 Å². The van der Waals surface area contributed by atoms with E-state index in [1.165, 1.54) is 17.2 Å². The zero-order valence-corrected chi connectivity index (χ0v) is 36.9. The minimum atomic E-state index is -1.01. The molecule has 0 unspecified atom stereocenters. The van der Waals surface area contributed by atoms with Crippen LogP contribution in [0.1, 0.15) is 78.4 Å². The van der Waals surface area contributed by atoms with E-state index < -0.39 is 17.2 Å². The number of carboxylic acids is 1. The molecule has 4 aromatic rings. The Balaban J connectivity index is 0.000000359. The van der Waals surface area contributed by atoms with Crippen molar-refractivity contribution in [2.75, 3.05) is 25.3 Å². The maximum Gasteiger partial charge on any atom is 0.327 e. The Morgan fingerprint density at radius 1 is 0.607 bits per heavy atom. The minimum absolute atomic E-state index is 0.0957. The van der Waals surface area contributed by atoms with Gasteiger partial charge in [0.15, 0.2) is 0 Å². The van der Waals surface area contributed by atoms with E-state index in [0.29, 0.717) is 12.1 Å². The van der Waals surface area contributed by atoms with Crippen molar-refractivity contribution in [1.82, 2.24) is 0 Å². The van der Waals surface area contributed by atoms with Crippen LogP contribution in [0.5, 0.6) is 11.5 Å². The fourth-order valence-electron chi connectivity index (χ4n) is 5.62. The second-order valence-electron chi connectivity index (χ2n) is 16.2. The Morgan fingerprint density at radius 2 is 1.00 bits per heavy atom. The highest BCUT2D eigenvalue weighted by atomic mass is 16.6. The highest BCUT2D eigenvalue weighted by molar-refractivity contribution is 5.99. The van der Waals surface area contributed by atoms with Crippen LogP contribution in [0, 0.1) is 11.8 Å². The van der Waals surface area contributed by atoms with Crippen molar-refractivity contribution in [3.63, 3.8) is 0 Å². The molecule has 0 heterocycles. The van der Waals surface area contributed by atoms with Gasteiger partial charge in [-0.2, -0.15) is 0 Å². The lowest BCUT2D eigenvalue weighted by Crippen LogP contribution is -2.25. The SMILES string of the molecule is CC(C)(C)OC(=O)C[C@H](/C=C/C(=O)O)CCc1ccccc1.COc1ccc(N)cc1.COc1ccc(NC(=O)/C=C/[C@H](CCc2ccccc2)CC(=O)OC(C)(C)C)cc1. The van der Waals surface area contributed by atoms with Crippen molar-refractivity contribution >= 4 is 35.2 Å². The molecule has 0 saturated heterocycles. The summed E-state index contributed by atoms with van der Waals surface area (Å²) in [4.78, 5) is 47.2. The summed E-state index contributed by atoms with van der Waals surface area (Å²) in [5, 5.41) is 11.6. The Bertz CT molecular complexity index is 1950. The number of ether oxygens (including phenoxy) is 4. The van der Waals surface area contributed by atoms with Gasteiger partial charge in [-0.15, -0.1) is 0 Å². The summed E-state index contributed by atoms with van der Waals surface area (Å²) in [6, 6.07) is 34.4. The second-order valence-corrected chi connectivity index (χ2v) is 16.2. The number of hydrogen-bond acceptors (Lipinski definition) is 9. The highest BCUT2D eigenvalue weighted by Crippen LogP contribution is 2.21. The summed E-state index contributed by atoms with van der Waals surface area (Å²) in [6.45, 7) is 11.0. The van der Waals surface area contributed by atoms with E-state index in [0.717, 1.165) is 42.5 Å². The maximum absolute atomic E-state index is 12.3. The molecule has 0 spiro atoms. The molecule has 328 valence electrons. The average Bonchev–Trinajstić information content (AvgIpc) is 3.20. The van der Waals surface area contributed by atoms with Gasteiger partial charge in [-0.05, 0) is 145 Å². The van der Waals surface area contributed by atoms with Crippen molar-refractivity contribution < 1.29 is 43.2 Å². The summed E-state index contributed by atoms with van der Waals surface area (Å²) in [7, 11) is 3.22. The van der Waals surface area contributed by atoms with Gasteiger partial charge in [0.2, 0.25) is 5.91 Å². The van der Waals surface area contributed by atoms with Crippen molar-refractivity contribution in [3.8, 4) is 11.5 Å². The second kappa shape index (κ2) is 26.7. The van der Waals surface area contributed by atoms with Crippen LogP contribution in [0.3, 0.4) is 0 Å². The number of nitrogens with one attached hydrogen (secondary N) is 1. The van der Waals surface area contributed by atoms with Gasteiger partial charge in [0.1, 0.15) is 22.7 Å². The number of allylic oxidation sites excluding steroid dienone is 2. The van der Waals surface area contributed by atoms with Crippen molar-refractivity contribution in [2.24, 2.45) is 11.8 Å². The van der Waals surface area contributed by atoms with E-state index in [4.69, 9.17) is 29.8 Å². The zero-order valence-electron chi connectivity index (χ0n) is 36.9. The fraction of sp³-hybridized carbons (Fsp3) is 0.360. The lowest BCUT2D eigenvalue weighted by atomic mass is 9.95. The number of hydrogen-bond donors (Lipinski definition) is 3. The third kappa shape index (κ3) is 25.0. The van der Waals surface area contributed by atoms with Crippen LogP contribution in [0.2, 0.25) is 0 Å². The van der Waals surface area contributed by atoms with Gasteiger partial charge in [0.05, 0.1) is 27.1 Å². The molecule has 0 saturated carbocycles. The third-order valence-corrected chi connectivity index (χ3v) is 8.50. The Labute approximate surface area is 362 Å². The molecule has 4 aromatic carbocycles. The van der Waals surface area contributed by atoms with Crippen LogP contribution in [0.4, 0.5) is 11.4 Å². The molecule has 0 radical (unpaired) electrons. The van der Waals surface area contributed by atoms with E-state index in [1.54, 1.807) is 62.8 Å². The molecule has 0 aliphatic heterocycles. The van der Waals surface area contributed by atoms with Gasteiger partial charge in [-0.1, -0.05) is 72.8 Å². The first kappa shape index (κ1) is 50.8. The number of rotatable bonds is 17. The lowest BCUT2D eigenvalue weighted by Gasteiger charge is -2.21. The number of nitrogens with two attached hydrogens (primary N) is 1. The van der Waals surface area contributed by atoms with Crippen LogP contribution < -0.4 is 20.5 Å². The number of amides is 1. The van der Waals surface area contributed by atoms with Gasteiger partial charge < -0.3 is 35.1 Å². The van der Waals surface area contributed by atoms with Crippen LogP contribution in [-0.4, -0.2) is 54.3 Å². The van der Waals surface area contributed by atoms with E-state index in [-0.39, 0.29) is 42.5 Å². The molecule has 2 atom stereocenters. The van der Waals surface area contributed by atoms with Crippen molar-refractivity contribution in [2.45, 2.75) is 91.3 Å². The van der Waals surface area contributed by atoms with E-state index in [9.17, 15) is 19.2 Å². The molecule has 0 bridgehead atoms. The quantitative estimate of drug-likeness (QED) is 0.0530. The summed E-state index contributed by atoms with van der Waals surface area (Å²) in [6.07, 6.45) is 9.44. The molecule has 4 rings (SSSR count). The fourth-order valence-corrected chi connectivity index (χ4v) is 5.62. The number of aryl methyl sites for hydroxylation is 2.